The summed E-state index contributed by atoms with van der Waals surface area (Å²) in [5.74, 6) is -2.08. The van der Waals surface area contributed by atoms with Crippen LogP contribution in [0.1, 0.15) is 62.5 Å². The standard InChI is InChI=1S/C25H28Cl2FN3O2/c1-24(2)8-10-25(11-9-24)20(15-7-6-14(26)12-18(15)30-13-32)19(22(31-25)23(29)33)16-4-3-5-17(27)21(16)28/h3-7,12-13,19-20,22,31H,8-11H2,1-2H3,(H2,29,33)(H,30,32)/t19-,20?,22?/m1/s1. The van der Waals surface area contributed by atoms with Gasteiger partial charge in [-0.3, -0.25) is 14.9 Å². The molecule has 1 saturated heterocycles. The number of anilines is 1. The summed E-state index contributed by atoms with van der Waals surface area (Å²) in [5, 5.41) is 6.73. The summed E-state index contributed by atoms with van der Waals surface area (Å²) in [7, 11) is 0. The Hall–Kier alpha value is -2.15. The zero-order valence-corrected chi connectivity index (χ0v) is 20.1. The van der Waals surface area contributed by atoms with Gasteiger partial charge >= 0.3 is 0 Å². The fourth-order valence-corrected chi connectivity index (χ4v) is 6.07. The number of halogens is 3. The quantitative estimate of drug-likeness (QED) is 0.491. The topological polar surface area (TPSA) is 84.2 Å². The molecule has 5 nitrogen and oxygen atoms in total. The van der Waals surface area contributed by atoms with Gasteiger partial charge < -0.3 is 11.1 Å². The average molecular weight is 492 g/mol. The number of nitrogens with two attached hydrogens (primary N) is 1. The van der Waals surface area contributed by atoms with Crippen LogP contribution in [0.4, 0.5) is 10.1 Å². The molecule has 4 rings (SSSR count). The van der Waals surface area contributed by atoms with E-state index in [4.69, 9.17) is 28.9 Å². The van der Waals surface area contributed by atoms with E-state index < -0.39 is 29.2 Å². The van der Waals surface area contributed by atoms with Crippen molar-refractivity contribution in [1.29, 1.82) is 0 Å². The van der Waals surface area contributed by atoms with Gasteiger partial charge in [-0.05, 0) is 60.4 Å². The van der Waals surface area contributed by atoms with E-state index in [9.17, 15) is 9.59 Å². The minimum absolute atomic E-state index is 0.0115. The van der Waals surface area contributed by atoms with Gasteiger partial charge in [0.15, 0.2) is 0 Å². The van der Waals surface area contributed by atoms with E-state index in [-0.39, 0.29) is 16.4 Å². The Labute approximate surface area is 203 Å². The van der Waals surface area contributed by atoms with Crippen molar-refractivity contribution >= 4 is 41.2 Å². The molecule has 0 radical (unpaired) electrons. The molecule has 3 atom stereocenters. The van der Waals surface area contributed by atoms with E-state index in [2.05, 4.69) is 24.5 Å². The Kier molecular flexibility index (Phi) is 6.47. The summed E-state index contributed by atoms with van der Waals surface area (Å²) >= 11 is 12.4. The number of benzene rings is 2. The molecule has 176 valence electrons. The molecule has 2 fully saturated rings. The van der Waals surface area contributed by atoms with Crippen molar-refractivity contribution in [2.75, 3.05) is 5.32 Å². The van der Waals surface area contributed by atoms with Crippen LogP contribution in [0.15, 0.2) is 36.4 Å². The van der Waals surface area contributed by atoms with E-state index in [0.29, 0.717) is 22.7 Å². The lowest BCUT2D eigenvalue weighted by atomic mass is 9.61. The van der Waals surface area contributed by atoms with Crippen LogP contribution in [0.3, 0.4) is 0 Å². The number of amides is 2. The van der Waals surface area contributed by atoms with Gasteiger partial charge in [0.25, 0.3) is 0 Å². The molecule has 1 saturated carbocycles. The van der Waals surface area contributed by atoms with Crippen LogP contribution in [0.25, 0.3) is 0 Å². The summed E-state index contributed by atoms with van der Waals surface area (Å²) in [6, 6.07) is 9.29. The van der Waals surface area contributed by atoms with E-state index >= 15 is 4.39 Å². The maximum Gasteiger partial charge on any atom is 0.235 e. The van der Waals surface area contributed by atoms with Gasteiger partial charge in [-0.1, -0.05) is 55.2 Å². The maximum absolute atomic E-state index is 15.4. The Bertz CT molecular complexity index is 1080. The lowest BCUT2D eigenvalue weighted by Gasteiger charge is -2.46. The zero-order chi connectivity index (χ0) is 24.0. The number of carbonyl (C=O) groups is 2. The van der Waals surface area contributed by atoms with Crippen LogP contribution >= 0.6 is 23.2 Å². The third-order valence-electron chi connectivity index (χ3n) is 7.46. The molecule has 4 N–H and O–H groups in total. The summed E-state index contributed by atoms with van der Waals surface area (Å²) in [5.41, 5.74) is 7.16. The molecule has 1 aliphatic carbocycles. The van der Waals surface area contributed by atoms with Crippen molar-refractivity contribution in [2.24, 2.45) is 11.1 Å². The summed E-state index contributed by atoms with van der Waals surface area (Å²) in [6.07, 6.45) is 3.99. The Balaban J connectivity index is 1.95. The largest absolute Gasteiger partial charge is 0.368 e. The van der Waals surface area contributed by atoms with Crippen molar-refractivity contribution < 1.29 is 14.0 Å². The molecule has 1 aliphatic heterocycles. The number of hydrogen-bond donors (Lipinski definition) is 3. The predicted octanol–water partition coefficient (Wildman–Crippen LogP) is 5.36. The lowest BCUT2D eigenvalue weighted by Crippen LogP contribution is -2.52. The summed E-state index contributed by atoms with van der Waals surface area (Å²) in [6.45, 7) is 4.45. The molecular weight excluding hydrogens is 464 g/mol. The lowest BCUT2D eigenvalue weighted by molar-refractivity contribution is -0.120. The highest BCUT2D eigenvalue weighted by atomic mass is 35.5. The first-order chi connectivity index (χ1) is 15.6. The Morgan fingerprint density at radius 3 is 2.48 bits per heavy atom. The number of primary amides is 1. The SMILES string of the molecule is CC1(C)CCC2(CC1)NC(C(N)=O)[C@H](c1cccc(Cl)c1F)C2c1ccc(Cl)cc1NC=O. The minimum Gasteiger partial charge on any atom is -0.368 e. The van der Waals surface area contributed by atoms with Crippen molar-refractivity contribution in [2.45, 2.75) is 62.9 Å². The predicted molar refractivity (Wildman–Crippen MR) is 129 cm³/mol. The molecule has 8 heteroatoms. The van der Waals surface area contributed by atoms with Gasteiger partial charge in [-0.2, -0.15) is 0 Å². The molecule has 2 aliphatic rings. The van der Waals surface area contributed by atoms with Crippen LogP contribution in [0.2, 0.25) is 10.0 Å². The normalized spacial score (nSPS) is 25.7. The Morgan fingerprint density at radius 1 is 1.15 bits per heavy atom. The monoisotopic (exact) mass is 491 g/mol. The molecule has 2 aromatic carbocycles. The molecule has 2 aromatic rings. The first kappa shape index (κ1) is 24.0. The zero-order valence-electron chi connectivity index (χ0n) is 18.6. The Morgan fingerprint density at radius 2 is 1.85 bits per heavy atom. The van der Waals surface area contributed by atoms with Gasteiger partial charge in [-0.25, -0.2) is 4.39 Å². The van der Waals surface area contributed by atoms with Gasteiger partial charge in [0.2, 0.25) is 12.3 Å². The first-order valence-corrected chi connectivity index (χ1v) is 11.8. The number of carbonyl (C=O) groups excluding carboxylic acids is 2. The van der Waals surface area contributed by atoms with Gasteiger partial charge in [0.05, 0.1) is 11.1 Å². The van der Waals surface area contributed by atoms with Gasteiger partial charge in [0, 0.05) is 28.1 Å². The second-order valence-electron chi connectivity index (χ2n) is 9.98. The molecule has 0 bridgehead atoms. The van der Waals surface area contributed by atoms with Crippen LogP contribution in [0.5, 0.6) is 0 Å². The van der Waals surface area contributed by atoms with E-state index in [1.165, 1.54) is 6.07 Å². The molecular formula is C25H28Cl2FN3O2. The fraction of sp³-hybridized carbons (Fsp3) is 0.440. The van der Waals surface area contributed by atoms with Gasteiger partial charge in [-0.15, -0.1) is 0 Å². The van der Waals surface area contributed by atoms with Crippen molar-refractivity contribution in [1.82, 2.24) is 5.32 Å². The summed E-state index contributed by atoms with van der Waals surface area (Å²) in [4.78, 5) is 24.1. The molecule has 0 aromatic heterocycles. The van der Waals surface area contributed by atoms with E-state index in [1.807, 2.05) is 6.07 Å². The number of hydrogen-bond acceptors (Lipinski definition) is 3. The second-order valence-corrected chi connectivity index (χ2v) is 10.8. The van der Waals surface area contributed by atoms with E-state index in [1.54, 1.807) is 24.3 Å². The molecule has 2 amide bonds. The smallest absolute Gasteiger partial charge is 0.235 e. The third-order valence-corrected chi connectivity index (χ3v) is 7.99. The van der Waals surface area contributed by atoms with Crippen LogP contribution < -0.4 is 16.4 Å². The van der Waals surface area contributed by atoms with Crippen molar-refractivity contribution in [3.63, 3.8) is 0 Å². The highest BCUT2D eigenvalue weighted by Crippen LogP contribution is 2.57. The van der Waals surface area contributed by atoms with Gasteiger partial charge in [0.1, 0.15) is 5.82 Å². The van der Waals surface area contributed by atoms with Crippen molar-refractivity contribution in [3.05, 3.63) is 63.4 Å². The van der Waals surface area contributed by atoms with Crippen LogP contribution in [-0.2, 0) is 9.59 Å². The number of rotatable bonds is 5. The molecule has 1 spiro atoms. The average Bonchev–Trinajstić information content (AvgIpc) is 3.08. The molecule has 2 unspecified atom stereocenters. The van der Waals surface area contributed by atoms with E-state index in [0.717, 1.165) is 31.2 Å². The molecule has 1 heterocycles. The molecule has 33 heavy (non-hydrogen) atoms. The maximum atomic E-state index is 15.4. The summed E-state index contributed by atoms with van der Waals surface area (Å²) < 4.78 is 15.4. The second kappa shape index (κ2) is 8.90. The highest BCUT2D eigenvalue weighted by Gasteiger charge is 2.58. The fourth-order valence-electron chi connectivity index (χ4n) is 5.72. The highest BCUT2D eigenvalue weighted by molar-refractivity contribution is 6.31. The minimum atomic E-state index is -0.802. The number of nitrogens with one attached hydrogen (secondary N) is 2. The van der Waals surface area contributed by atoms with Crippen LogP contribution in [0, 0.1) is 11.2 Å². The van der Waals surface area contributed by atoms with Crippen LogP contribution in [-0.4, -0.2) is 23.9 Å². The third kappa shape index (κ3) is 4.36. The van der Waals surface area contributed by atoms with Crippen molar-refractivity contribution in [3.8, 4) is 0 Å². The first-order valence-electron chi connectivity index (χ1n) is 11.1.